The predicted molar refractivity (Wildman–Crippen MR) is 89.9 cm³/mol. The van der Waals surface area contributed by atoms with Gasteiger partial charge in [0.1, 0.15) is 0 Å². The second kappa shape index (κ2) is 6.69. The molecule has 22 heavy (non-hydrogen) atoms. The highest BCUT2D eigenvalue weighted by Gasteiger charge is 2.27. The molecule has 1 saturated heterocycles. The summed E-state index contributed by atoms with van der Waals surface area (Å²) < 4.78 is 0. The summed E-state index contributed by atoms with van der Waals surface area (Å²) in [6.45, 7) is 5.51. The van der Waals surface area contributed by atoms with E-state index >= 15 is 0 Å². The van der Waals surface area contributed by atoms with Crippen LogP contribution in [0.2, 0.25) is 0 Å². The first-order valence-electron chi connectivity index (χ1n) is 8.51. The first-order chi connectivity index (χ1) is 10.7. The third kappa shape index (κ3) is 3.12. The van der Waals surface area contributed by atoms with Crippen LogP contribution in [0, 0.1) is 5.92 Å². The SMILES string of the molecule is C[C@@H]1CCc2ccccc2N1CCC(=O)N1CC[C@@H](CN)C1. The molecular formula is C18H27N3O. The van der Waals surface area contributed by atoms with Crippen molar-refractivity contribution in [1.82, 2.24) is 4.90 Å². The average molecular weight is 301 g/mol. The van der Waals surface area contributed by atoms with E-state index in [2.05, 4.69) is 36.1 Å². The van der Waals surface area contributed by atoms with Crippen molar-refractivity contribution in [3.8, 4) is 0 Å². The summed E-state index contributed by atoms with van der Waals surface area (Å²) in [5, 5.41) is 0. The Kier molecular flexibility index (Phi) is 4.67. The Hall–Kier alpha value is -1.55. The van der Waals surface area contributed by atoms with Crippen molar-refractivity contribution in [3.05, 3.63) is 29.8 Å². The number of aryl methyl sites for hydroxylation is 1. The molecule has 2 atom stereocenters. The Morgan fingerprint density at radius 1 is 1.32 bits per heavy atom. The van der Waals surface area contributed by atoms with Crippen LogP contribution in [0.15, 0.2) is 24.3 Å². The number of carbonyl (C=O) groups excluding carboxylic acids is 1. The van der Waals surface area contributed by atoms with Crippen LogP contribution in [0.3, 0.4) is 0 Å². The molecule has 1 fully saturated rings. The lowest BCUT2D eigenvalue weighted by molar-refractivity contribution is -0.130. The van der Waals surface area contributed by atoms with Gasteiger partial charge in [0.05, 0.1) is 0 Å². The second-order valence-corrected chi connectivity index (χ2v) is 6.69. The molecule has 0 unspecified atom stereocenters. The molecule has 2 heterocycles. The maximum atomic E-state index is 12.4. The lowest BCUT2D eigenvalue weighted by Gasteiger charge is -2.37. The summed E-state index contributed by atoms with van der Waals surface area (Å²) in [6.07, 6.45) is 3.98. The van der Waals surface area contributed by atoms with Crippen molar-refractivity contribution >= 4 is 11.6 Å². The minimum atomic E-state index is 0.284. The fourth-order valence-corrected chi connectivity index (χ4v) is 3.73. The van der Waals surface area contributed by atoms with Gasteiger partial charge in [0.25, 0.3) is 0 Å². The number of hydrogen-bond donors (Lipinski definition) is 1. The number of fused-ring (bicyclic) bond motifs is 1. The van der Waals surface area contributed by atoms with Crippen LogP contribution >= 0.6 is 0 Å². The smallest absolute Gasteiger partial charge is 0.224 e. The monoisotopic (exact) mass is 301 g/mol. The number of likely N-dealkylation sites (tertiary alicyclic amines) is 1. The van der Waals surface area contributed by atoms with Crippen LogP contribution in [0.4, 0.5) is 5.69 Å². The molecule has 3 rings (SSSR count). The van der Waals surface area contributed by atoms with E-state index in [9.17, 15) is 4.79 Å². The van der Waals surface area contributed by atoms with Gasteiger partial charge in [-0.1, -0.05) is 18.2 Å². The number of benzene rings is 1. The zero-order chi connectivity index (χ0) is 15.5. The standard InChI is InChI=1S/C18H27N3O/c1-14-6-7-16-4-2-3-5-17(16)21(14)11-9-18(22)20-10-8-15(12-19)13-20/h2-5,14-15H,6-13,19H2,1H3/t14-,15+/m1/s1. The molecule has 4 heteroatoms. The number of amides is 1. The third-order valence-electron chi connectivity index (χ3n) is 5.20. The quantitative estimate of drug-likeness (QED) is 0.925. The number of para-hydroxylation sites is 1. The van der Waals surface area contributed by atoms with E-state index in [-0.39, 0.29) is 5.91 Å². The fraction of sp³-hybridized carbons (Fsp3) is 0.611. The third-order valence-corrected chi connectivity index (χ3v) is 5.20. The highest BCUT2D eigenvalue weighted by Crippen LogP contribution is 2.30. The topological polar surface area (TPSA) is 49.6 Å². The minimum absolute atomic E-state index is 0.284. The maximum Gasteiger partial charge on any atom is 0.224 e. The zero-order valence-corrected chi connectivity index (χ0v) is 13.5. The van der Waals surface area contributed by atoms with Crippen molar-refractivity contribution < 1.29 is 4.79 Å². The summed E-state index contributed by atoms with van der Waals surface area (Å²) in [4.78, 5) is 16.8. The summed E-state index contributed by atoms with van der Waals surface area (Å²) in [6, 6.07) is 9.11. The molecule has 0 aromatic heterocycles. The molecule has 1 aromatic carbocycles. The molecule has 0 bridgehead atoms. The largest absolute Gasteiger partial charge is 0.368 e. The van der Waals surface area contributed by atoms with Gasteiger partial charge in [-0.2, -0.15) is 0 Å². The summed E-state index contributed by atoms with van der Waals surface area (Å²) >= 11 is 0. The summed E-state index contributed by atoms with van der Waals surface area (Å²) in [5.74, 6) is 0.782. The van der Waals surface area contributed by atoms with Crippen molar-refractivity contribution in [2.75, 3.05) is 31.1 Å². The van der Waals surface area contributed by atoms with Gasteiger partial charge < -0.3 is 15.5 Å². The van der Waals surface area contributed by atoms with E-state index in [1.165, 1.54) is 17.7 Å². The van der Waals surface area contributed by atoms with Gasteiger partial charge in [0, 0.05) is 37.8 Å². The normalized spacial score (nSPS) is 24.5. The maximum absolute atomic E-state index is 12.4. The highest BCUT2D eigenvalue weighted by atomic mass is 16.2. The Morgan fingerprint density at radius 2 is 2.14 bits per heavy atom. The summed E-state index contributed by atoms with van der Waals surface area (Å²) in [7, 11) is 0. The first-order valence-corrected chi connectivity index (χ1v) is 8.51. The Balaban J connectivity index is 1.60. The number of nitrogens with two attached hydrogens (primary N) is 1. The van der Waals surface area contributed by atoms with Gasteiger partial charge in [-0.3, -0.25) is 4.79 Å². The second-order valence-electron chi connectivity index (χ2n) is 6.69. The molecular weight excluding hydrogens is 274 g/mol. The van der Waals surface area contributed by atoms with E-state index < -0.39 is 0 Å². The van der Waals surface area contributed by atoms with Crippen LogP contribution in [-0.4, -0.2) is 43.0 Å². The van der Waals surface area contributed by atoms with Gasteiger partial charge in [-0.05, 0) is 50.3 Å². The molecule has 120 valence electrons. The predicted octanol–water partition coefficient (Wildman–Crippen LogP) is 2.03. The molecule has 0 saturated carbocycles. The van der Waals surface area contributed by atoms with Crippen LogP contribution in [-0.2, 0) is 11.2 Å². The van der Waals surface area contributed by atoms with Crippen LogP contribution in [0.25, 0.3) is 0 Å². The highest BCUT2D eigenvalue weighted by molar-refractivity contribution is 5.77. The number of carbonyl (C=O) groups is 1. The summed E-state index contributed by atoms with van der Waals surface area (Å²) in [5.41, 5.74) is 8.44. The van der Waals surface area contributed by atoms with E-state index in [1.54, 1.807) is 0 Å². The van der Waals surface area contributed by atoms with Gasteiger partial charge in [0.2, 0.25) is 5.91 Å². The number of rotatable bonds is 4. The molecule has 1 amide bonds. The molecule has 0 radical (unpaired) electrons. The van der Waals surface area contributed by atoms with E-state index in [4.69, 9.17) is 5.73 Å². The molecule has 1 aromatic rings. The molecule has 4 nitrogen and oxygen atoms in total. The zero-order valence-electron chi connectivity index (χ0n) is 13.5. The van der Waals surface area contributed by atoms with Gasteiger partial charge in [0.15, 0.2) is 0 Å². The Morgan fingerprint density at radius 3 is 2.91 bits per heavy atom. The van der Waals surface area contributed by atoms with E-state index in [0.717, 1.165) is 32.5 Å². The van der Waals surface area contributed by atoms with Gasteiger partial charge in [-0.15, -0.1) is 0 Å². The van der Waals surface area contributed by atoms with Crippen LogP contribution in [0.1, 0.15) is 31.7 Å². The molecule has 0 aliphatic carbocycles. The molecule has 2 aliphatic heterocycles. The Bertz CT molecular complexity index is 531. The van der Waals surface area contributed by atoms with Gasteiger partial charge >= 0.3 is 0 Å². The lowest BCUT2D eigenvalue weighted by atomic mass is 9.96. The van der Waals surface area contributed by atoms with Crippen molar-refractivity contribution in [1.29, 1.82) is 0 Å². The van der Waals surface area contributed by atoms with Crippen LogP contribution in [0.5, 0.6) is 0 Å². The molecule has 2 aliphatic rings. The molecule has 2 N–H and O–H groups in total. The Labute approximate surface area is 133 Å². The number of hydrogen-bond acceptors (Lipinski definition) is 3. The minimum Gasteiger partial charge on any atom is -0.368 e. The lowest BCUT2D eigenvalue weighted by Crippen LogP contribution is -2.40. The van der Waals surface area contributed by atoms with E-state index in [1.807, 2.05) is 4.90 Å². The van der Waals surface area contributed by atoms with E-state index in [0.29, 0.717) is 24.9 Å². The molecule has 0 spiro atoms. The van der Waals surface area contributed by atoms with Crippen molar-refractivity contribution in [2.24, 2.45) is 11.7 Å². The van der Waals surface area contributed by atoms with Gasteiger partial charge in [-0.25, -0.2) is 0 Å². The number of anilines is 1. The first kappa shape index (κ1) is 15.3. The average Bonchev–Trinajstić information content (AvgIpc) is 3.03. The van der Waals surface area contributed by atoms with Crippen molar-refractivity contribution in [2.45, 2.75) is 38.6 Å². The number of nitrogens with zero attached hydrogens (tertiary/aromatic N) is 2. The fourth-order valence-electron chi connectivity index (χ4n) is 3.73. The van der Waals surface area contributed by atoms with Crippen LogP contribution < -0.4 is 10.6 Å². The van der Waals surface area contributed by atoms with Crippen molar-refractivity contribution in [3.63, 3.8) is 0 Å².